The van der Waals surface area contributed by atoms with Crippen LogP contribution in [0.2, 0.25) is 0 Å². The zero-order chi connectivity index (χ0) is 14.5. The van der Waals surface area contributed by atoms with Gasteiger partial charge in [-0.05, 0) is 26.0 Å². The molecule has 3 rings (SSSR count). The molecule has 0 bridgehead atoms. The van der Waals surface area contributed by atoms with Crippen LogP contribution in [-0.2, 0) is 10.3 Å². The van der Waals surface area contributed by atoms with E-state index in [1.807, 2.05) is 13.8 Å². The van der Waals surface area contributed by atoms with Crippen LogP contribution in [0.25, 0.3) is 0 Å². The Kier molecular flexibility index (Phi) is 2.62. The maximum Gasteiger partial charge on any atom is 0.328 e. The minimum absolute atomic E-state index is 0.183. The summed E-state index contributed by atoms with van der Waals surface area (Å²) in [6, 6.07) is 3.33. The molecule has 2 aliphatic rings. The van der Waals surface area contributed by atoms with E-state index in [0.717, 1.165) is 0 Å². The normalized spacial score (nSPS) is 26.4. The van der Waals surface area contributed by atoms with Crippen molar-refractivity contribution in [2.24, 2.45) is 5.73 Å². The number of hydrogen-bond donors (Lipinski definition) is 2. The van der Waals surface area contributed by atoms with Crippen molar-refractivity contribution < 1.29 is 24.1 Å². The molecule has 0 saturated carbocycles. The second-order valence-corrected chi connectivity index (χ2v) is 5.78. The van der Waals surface area contributed by atoms with Crippen LogP contribution in [0.3, 0.4) is 0 Å². The first-order valence-electron chi connectivity index (χ1n) is 6.48. The summed E-state index contributed by atoms with van der Waals surface area (Å²) in [7, 11) is 0. The molecule has 1 aromatic carbocycles. The smallest absolute Gasteiger partial charge is 0.328 e. The van der Waals surface area contributed by atoms with Crippen LogP contribution in [0.15, 0.2) is 12.1 Å². The van der Waals surface area contributed by atoms with Gasteiger partial charge in [-0.3, -0.25) is 0 Å². The molecule has 2 aliphatic heterocycles. The highest BCUT2D eigenvalue weighted by atomic mass is 16.6. The summed E-state index contributed by atoms with van der Waals surface area (Å²) in [6.45, 7) is 4.48. The first-order valence-corrected chi connectivity index (χ1v) is 6.48. The Morgan fingerprint density at radius 2 is 1.95 bits per heavy atom. The molecule has 0 aliphatic carbocycles. The molecule has 1 unspecified atom stereocenters. The second kappa shape index (κ2) is 4.02. The summed E-state index contributed by atoms with van der Waals surface area (Å²) in [5.41, 5.74) is 4.38. The molecule has 0 spiro atoms. The van der Waals surface area contributed by atoms with Crippen LogP contribution in [0, 0.1) is 0 Å². The van der Waals surface area contributed by atoms with Gasteiger partial charge in [0.25, 0.3) is 0 Å². The van der Waals surface area contributed by atoms with Crippen LogP contribution >= 0.6 is 0 Å². The average molecular weight is 279 g/mol. The number of carboxylic acid groups (broad SMARTS) is 1. The summed E-state index contributed by atoms with van der Waals surface area (Å²) in [5, 5.41) is 9.53. The van der Waals surface area contributed by atoms with Crippen molar-refractivity contribution in [1.29, 1.82) is 0 Å². The van der Waals surface area contributed by atoms with Gasteiger partial charge < -0.3 is 25.1 Å². The molecule has 1 atom stereocenters. The van der Waals surface area contributed by atoms with Gasteiger partial charge >= 0.3 is 5.97 Å². The maximum absolute atomic E-state index is 11.6. The highest BCUT2D eigenvalue weighted by Gasteiger charge is 2.49. The quantitative estimate of drug-likeness (QED) is 0.804. The lowest BCUT2D eigenvalue weighted by Crippen LogP contribution is -2.54. The topological polar surface area (TPSA) is 91.0 Å². The summed E-state index contributed by atoms with van der Waals surface area (Å²) >= 11 is 0. The van der Waals surface area contributed by atoms with Gasteiger partial charge in [-0.1, -0.05) is 0 Å². The lowest BCUT2D eigenvalue weighted by molar-refractivity contribution is -0.147. The number of hydrogen-bond acceptors (Lipinski definition) is 5. The molecule has 6 heteroatoms. The van der Waals surface area contributed by atoms with E-state index in [4.69, 9.17) is 19.9 Å². The third-order valence-corrected chi connectivity index (χ3v) is 3.61. The first kappa shape index (κ1) is 13.1. The molecular weight excluding hydrogens is 262 g/mol. The fourth-order valence-corrected chi connectivity index (χ4v) is 2.81. The Labute approximate surface area is 116 Å². The third kappa shape index (κ3) is 1.79. The van der Waals surface area contributed by atoms with Crippen molar-refractivity contribution in [2.45, 2.75) is 31.4 Å². The molecule has 3 N–H and O–H groups in total. The highest BCUT2D eigenvalue weighted by Crippen LogP contribution is 2.51. The number of rotatable bonds is 1. The van der Waals surface area contributed by atoms with E-state index in [2.05, 4.69) is 0 Å². The van der Waals surface area contributed by atoms with Crippen LogP contribution in [-0.4, -0.2) is 29.9 Å². The van der Waals surface area contributed by atoms with Crippen LogP contribution in [0.5, 0.6) is 17.2 Å². The minimum Gasteiger partial charge on any atom is -0.486 e. The molecule has 0 fully saturated rings. The predicted molar refractivity (Wildman–Crippen MR) is 70.3 cm³/mol. The molecule has 1 aromatic rings. The van der Waals surface area contributed by atoms with Crippen molar-refractivity contribution in [3.05, 3.63) is 17.7 Å². The first-order chi connectivity index (χ1) is 9.33. The van der Waals surface area contributed by atoms with Crippen molar-refractivity contribution in [3.63, 3.8) is 0 Å². The molecule has 0 aromatic heterocycles. The van der Waals surface area contributed by atoms with E-state index in [-0.39, 0.29) is 6.42 Å². The van der Waals surface area contributed by atoms with Gasteiger partial charge in [-0.15, -0.1) is 0 Å². The van der Waals surface area contributed by atoms with E-state index in [9.17, 15) is 9.90 Å². The average Bonchev–Trinajstić information content (AvgIpc) is 2.37. The summed E-state index contributed by atoms with van der Waals surface area (Å²) in [4.78, 5) is 11.6. The number of benzene rings is 1. The van der Waals surface area contributed by atoms with Gasteiger partial charge in [0.2, 0.25) is 5.75 Å². The van der Waals surface area contributed by atoms with E-state index < -0.39 is 17.1 Å². The number of carbonyl (C=O) groups is 1. The number of fused-ring (bicyclic) bond motifs is 3. The predicted octanol–water partition coefficient (Wildman–Crippen LogP) is 1.26. The Balaban J connectivity index is 2.23. The number of carboxylic acids is 1. The van der Waals surface area contributed by atoms with Gasteiger partial charge in [-0.2, -0.15) is 0 Å². The standard InChI is InChI=1S/C14H17NO5/c1-13(2)7-14(15,12(16)17)8-3-4-9-11(10(8)20-13)19-6-5-18-9/h3-4H,5-7,15H2,1-2H3,(H,16,17). The monoisotopic (exact) mass is 279 g/mol. The SMILES string of the molecule is CC1(C)CC(N)(C(=O)O)c2ccc3c(c2O1)OCCO3. The molecule has 0 radical (unpaired) electrons. The summed E-state index contributed by atoms with van der Waals surface area (Å²) in [6.07, 6.45) is 0.183. The van der Waals surface area contributed by atoms with E-state index in [1.165, 1.54) is 0 Å². The molecular formula is C14H17NO5. The van der Waals surface area contributed by atoms with Crippen molar-refractivity contribution in [3.8, 4) is 17.2 Å². The van der Waals surface area contributed by atoms with E-state index in [0.29, 0.717) is 36.0 Å². The molecule has 6 nitrogen and oxygen atoms in total. The van der Waals surface area contributed by atoms with Gasteiger partial charge in [-0.25, -0.2) is 4.79 Å². The Hall–Kier alpha value is -1.95. The minimum atomic E-state index is -1.49. The number of aliphatic carboxylic acids is 1. The molecule has 2 heterocycles. The molecule has 20 heavy (non-hydrogen) atoms. The van der Waals surface area contributed by atoms with Gasteiger partial charge in [0.15, 0.2) is 11.5 Å². The van der Waals surface area contributed by atoms with Crippen LogP contribution in [0.1, 0.15) is 25.8 Å². The number of nitrogens with two attached hydrogens (primary N) is 1. The second-order valence-electron chi connectivity index (χ2n) is 5.78. The summed E-state index contributed by atoms with van der Waals surface area (Å²) < 4.78 is 17.0. The van der Waals surface area contributed by atoms with E-state index >= 15 is 0 Å². The van der Waals surface area contributed by atoms with Crippen molar-refractivity contribution in [1.82, 2.24) is 0 Å². The Morgan fingerprint density at radius 3 is 2.65 bits per heavy atom. The zero-order valence-electron chi connectivity index (χ0n) is 11.4. The van der Waals surface area contributed by atoms with Crippen LogP contribution < -0.4 is 19.9 Å². The van der Waals surface area contributed by atoms with Crippen molar-refractivity contribution in [2.75, 3.05) is 13.2 Å². The fourth-order valence-electron chi connectivity index (χ4n) is 2.81. The zero-order valence-corrected chi connectivity index (χ0v) is 11.4. The summed E-state index contributed by atoms with van der Waals surface area (Å²) in [5.74, 6) is 0.299. The van der Waals surface area contributed by atoms with Crippen molar-refractivity contribution >= 4 is 5.97 Å². The lowest BCUT2D eigenvalue weighted by Gasteiger charge is -2.42. The fraction of sp³-hybridized carbons (Fsp3) is 0.500. The Bertz CT molecular complexity index is 583. The van der Waals surface area contributed by atoms with Crippen LogP contribution in [0.4, 0.5) is 0 Å². The van der Waals surface area contributed by atoms with E-state index in [1.54, 1.807) is 12.1 Å². The third-order valence-electron chi connectivity index (χ3n) is 3.61. The number of ether oxygens (including phenoxy) is 3. The molecule has 0 amide bonds. The maximum atomic E-state index is 11.6. The Morgan fingerprint density at radius 1 is 1.25 bits per heavy atom. The molecule has 108 valence electrons. The molecule has 0 saturated heterocycles. The van der Waals surface area contributed by atoms with Gasteiger partial charge in [0, 0.05) is 12.0 Å². The highest BCUT2D eigenvalue weighted by molar-refractivity contribution is 5.83. The van der Waals surface area contributed by atoms with Gasteiger partial charge in [0.05, 0.1) is 0 Å². The lowest BCUT2D eigenvalue weighted by atomic mass is 9.78. The largest absolute Gasteiger partial charge is 0.486 e. The van der Waals surface area contributed by atoms with Gasteiger partial charge in [0.1, 0.15) is 24.4 Å².